The molecule has 2 aromatic rings. The lowest BCUT2D eigenvalue weighted by molar-refractivity contribution is -0.134. The van der Waals surface area contributed by atoms with E-state index in [2.05, 4.69) is 4.72 Å². The van der Waals surface area contributed by atoms with Gasteiger partial charge in [0, 0.05) is 12.1 Å². The number of nitrogens with one attached hydrogen (secondary N) is 1. The predicted molar refractivity (Wildman–Crippen MR) is 93.4 cm³/mol. The molecule has 0 atom stereocenters. The Morgan fingerprint density at radius 3 is 2.25 bits per heavy atom. The van der Waals surface area contributed by atoms with E-state index in [4.69, 9.17) is 4.74 Å². The molecule has 0 saturated carbocycles. The number of ether oxygens (including phenoxy) is 1. The molecule has 0 unspecified atom stereocenters. The summed E-state index contributed by atoms with van der Waals surface area (Å²) in [5.74, 6) is 0.542. The average molecular weight is 347 g/mol. The van der Waals surface area contributed by atoms with Crippen LogP contribution >= 0.6 is 0 Å². The minimum absolute atomic E-state index is 0.189. The summed E-state index contributed by atoms with van der Waals surface area (Å²) < 4.78 is 32.1. The molecule has 0 amide bonds. The van der Waals surface area contributed by atoms with Gasteiger partial charge in [0.2, 0.25) is 0 Å². The van der Waals surface area contributed by atoms with Gasteiger partial charge in [0.1, 0.15) is 5.75 Å². The molecule has 128 valence electrons. The van der Waals surface area contributed by atoms with Crippen LogP contribution in [0.1, 0.15) is 26.7 Å². The number of sulfonamides is 1. The van der Waals surface area contributed by atoms with Crippen LogP contribution in [0.3, 0.4) is 0 Å². The molecule has 0 fully saturated rings. The number of hydrogen-bond acceptors (Lipinski definition) is 4. The number of carbonyl (C=O) groups excluding carboxylic acids is 1. The third-order valence-corrected chi connectivity index (χ3v) is 4.71. The van der Waals surface area contributed by atoms with Gasteiger partial charge in [0.25, 0.3) is 10.0 Å². The molecule has 0 aliphatic rings. The van der Waals surface area contributed by atoms with Crippen molar-refractivity contribution < 1.29 is 17.9 Å². The lowest BCUT2D eigenvalue weighted by atomic mass is 10.1. The van der Waals surface area contributed by atoms with Gasteiger partial charge in [-0.25, -0.2) is 8.42 Å². The predicted octanol–water partition coefficient (Wildman–Crippen LogP) is 3.83. The van der Waals surface area contributed by atoms with E-state index in [0.29, 0.717) is 23.8 Å². The van der Waals surface area contributed by atoms with E-state index in [-0.39, 0.29) is 10.9 Å². The standard InChI is InChI=1S/C18H21NO4S/c1-14(2)8-13-18(20)23-16-11-9-15(10-12-16)19-24(21,22)17-6-4-3-5-7-17/h3-7,9-12,14,19H,8,13H2,1-2H3. The zero-order valence-corrected chi connectivity index (χ0v) is 14.5. The van der Waals surface area contributed by atoms with E-state index >= 15 is 0 Å². The average Bonchev–Trinajstić information content (AvgIpc) is 2.55. The number of hydrogen-bond donors (Lipinski definition) is 1. The summed E-state index contributed by atoms with van der Waals surface area (Å²) in [6, 6.07) is 14.4. The van der Waals surface area contributed by atoms with Crippen LogP contribution in [0.25, 0.3) is 0 Å². The molecule has 0 spiro atoms. The van der Waals surface area contributed by atoms with E-state index in [1.54, 1.807) is 42.5 Å². The molecule has 24 heavy (non-hydrogen) atoms. The van der Waals surface area contributed by atoms with Crippen molar-refractivity contribution in [3.8, 4) is 5.75 Å². The first kappa shape index (κ1) is 18.0. The first-order chi connectivity index (χ1) is 11.4. The third-order valence-electron chi connectivity index (χ3n) is 3.32. The van der Waals surface area contributed by atoms with Crippen molar-refractivity contribution in [3.05, 3.63) is 54.6 Å². The molecule has 0 aromatic heterocycles. The van der Waals surface area contributed by atoms with Crippen molar-refractivity contribution >= 4 is 21.7 Å². The highest BCUT2D eigenvalue weighted by atomic mass is 32.2. The highest BCUT2D eigenvalue weighted by molar-refractivity contribution is 7.92. The van der Waals surface area contributed by atoms with Crippen LogP contribution in [0.2, 0.25) is 0 Å². The zero-order valence-electron chi connectivity index (χ0n) is 13.7. The monoisotopic (exact) mass is 347 g/mol. The van der Waals surface area contributed by atoms with Crippen molar-refractivity contribution in [2.24, 2.45) is 5.92 Å². The van der Waals surface area contributed by atoms with Crippen molar-refractivity contribution in [1.82, 2.24) is 0 Å². The van der Waals surface area contributed by atoms with Crippen LogP contribution in [-0.4, -0.2) is 14.4 Å². The van der Waals surface area contributed by atoms with Gasteiger partial charge in [0.15, 0.2) is 0 Å². The summed E-state index contributed by atoms with van der Waals surface area (Å²) in [5.41, 5.74) is 0.404. The van der Waals surface area contributed by atoms with Gasteiger partial charge in [0.05, 0.1) is 4.90 Å². The fourth-order valence-electron chi connectivity index (χ4n) is 1.99. The highest BCUT2D eigenvalue weighted by Crippen LogP contribution is 2.20. The highest BCUT2D eigenvalue weighted by Gasteiger charge is 2.13. The first-order valence-corrected chi connectivity index (χ1v) is 9.24. The molecule has 0 radical (unpaired) electrons. The minimum Gasteiger partial charge on any atom is -0.427 e. The SMILES string of the molecule is CC(C)CCC(=O)Oc1ccc(NS(=O)(=O)c2ccccc2)cc1. The zero-order chi connectivity index (χ0) is 17.6. The summed E-state index contributed by atoms with van der Waals surface area (Å²) in [4.78, 5) is 11.9. The Hall–Kier alpha value is -2.34. The Morgan fingerprint density at radius 2 is 1.67 bits per heavy atom. The topological polar surface area (TPSA) is 72.5 Å². The minimum atomic E-state index is -3.63. The number of anilines is 1. The van der Waals surface area contributed by atoms with Gasteiger partial charge in [-0.3, -0.25) is 9.52 Å². The summed E-state index contributed by atoms with van der Waals surface area (Å²) >= 11 is 0. The Kier molecular flexibility index (Phi) is 5.98. The van der Waals surface area contributed by atoms with Gasteiger partial charge in [-0.2, -0.15) is 0 Å². The van der Waals surface area contributed by atoms with Gasteiger partial charge in [-0.15, -0.1) is 0 Å². The molecular formula is C18H21NO4S. The van der Waals surface area contributed by atoms with Crippen molar-refractivity contribution in [2.45, 2.75) is 31.6 Å². The lowest BCUT2D eigenvalue weighted by Crippen LogP contribution is -2.13. The Balaban J connectivity index is 1.98. The van der Waals surface area contributed by atoms with E-state index in [1.165, 1.54) is 12.1 Å². The lowest BCUT2D eigenvalue weighted by Gasteiger charge is -2.09. The Morgan fingerprint density at radius 1 is 1.04 bits per heavy atom. The smallest absolute Gasteiger partial charge is 0.311 e. The van der Waals surface area contributed by atoms with Crippen molar-refractivity contribution in [1.29, 1.82) is 0 Å². The molecule has 1 N–H and O–H groups in total. The molecule has 2 rings (SSSR count). The molecule has 6 heteroatoms. The number of esters is 1. The summed E-state index contributed by atoms with van der Waals surface area (Å²) in [6.45, 7) is 4.09. The maximum absolute atomic E-state index is 12.2. The summed E-state index contributed by atoms with van der Waals surface area (Å²) in [5, 5.41) is 0. The summed E-state index contributed by atoms with van der Waals surface area (Å²) in [7, 11) is -3.63. The molecule has 0 aliphatic carbocycles. The molecule has 0 bridgehead atoms. The quantitative estimate of drug-likeness (QED) is 0.610. The number of rotatable bonds is 7. The van der Waals surface area contributed by atoms with Crippen LogP contribution in [0.4, 0.5) is 5.69 Å². The number of carbonyl (C=O) groups is 1. The van der Waals surface area contributed by atoms with Crippen molar-refractivity contribution in [3.63, 3.8) is 0 Å². The fourth-order valence-corrected chi connectivity index (χ4v) is 3.07. The van der Waals surface area contributed by atoms with Gasteiger partial charge in [-0.05, 0) is 48.7 Å². The molecular weight excluding hydrogens is 326 g/mol. The third kappa shape index (κ3) is 5.38. The maximum Gasteiger partial charge on any atom is 0.311 e. The van der Waals surface area contributed by atoms with Gasteiger partial charge < -0.3 is 4.74 Å². The Labute approximate surface area is 142 Å². The van der Waals surface area contributed by atoms with Crippen LogP contribution in [0.5, 0.6) is 5.75 Å². The Bertz CT molecular complexity index is 768. The second-order valence-electron chi connectivity index (χ2n) is 5.85. The van der Waals surface area contributed by atoms with E-state index in [0.717, 1.165) is 6.42 Å². The summed E-state index contributed by atoms with van der Waals surface area (Å²) in [6.07, 6.45) is 1.13. The van der Waals surface area contributed by atoms with Crippen LogP contribution in [-0.2, 0) is 14.8 Å². The van der Waals surface area contributed by atoms with Crippen LogP contribution in [0.15, 0.2) is 59.5 Å². The number of benzene rings is 2. The second-order valence-corrected chi connectivity index (χ2v) is 7.53. The molecule has 2 aromatic carbocycles. The molecule has 5 nitrogen and oxygen atoms in total. The van der Waals surface area contributed by atoms with Crippen LogP contribution in [0, 0.1) is 5.92 Å². The molecule has 0 heterocycles. The van der Waals surface area contributed by atoms with Crippen LogP contribution < -0.4 is 9.46 Å². The normalized spacial score (nSPS) is 11.3. The van der Waals surface area contributed by atoms with E-state index in [1.807, 2.05) is 13.8 Å². The molecule has 0 saturated heterocycles. The van der Waals surface area contributed by atoms with Gasteiger partial charge in [-0.1, -0.05) is 32.0 Å². The van der Waals surface area contributed by atoms with E-state index in [9.17, 15) is 13.2 Å². The fraction of sp³-hybridized carbons (Fsp3) is 0.278. The molecule has 0 aliphatic heterocycles. The first-order valence-electron chi connectivity index (χ1n) is 7.75. The van der Waals surface area contributed by atoms with Gasteiger partial charge >= 0.3 is 5.97 Å². The van der Waals surface area contributed by atoms with Crippen molar-refractivity contribution in [2.75, 3.05) is 4.72 Å². The maximum atomic E-state index is 12.2. The second kappa shape index (κ2) is 7.97. The largest absolute Gasteiger partial charge is 0.427 e. The van der Waals surface area contributed by atoms with E-state index < -0.39 is 10.0 Å².